The lowest BCUT2D eigenvalue weighted by molar-refractivity contribution is 0.236. The second-order valence-electron chi connectivity index (χ2n) is 3.01. The lowest BCUT2D eigenvalue weighted by Gasteiger charge is -2.33. The van der Waals surface area contributed by atoms with Crippen molar-refractivity contribution in [3.8, 4) is 37.0 Å². The molecule has 3 nitrogen and oxygen atoms in total. The standard InChI is InChI=1S/C12H13N3S3/c1-4-7-16-12-10-14(17-8-5-2)13-15(11-12)18-9-6-3/h1-3,10,13H,7-9,11H2. The molecule has 0 amide bonds. The third-order valence-electron chi connectivity index (χ3n) is 1.70. The van der Waals surface area contributed by atoms with E-state index in [1.807, 2.05) is 15.0 Å². The average Bonchev–Trinajstić information content (AvgIpc) is 2.40. The third kappa shape index (κ3) is 5.69. The van der Waals surface area contributed by atoms with Gasteiger partial charge in [0.1, 0.15) is 0 Å². The maximum absolute atomic E-state index is 5.27. The molecule has 94 valence electrons. The van der Waals surface area contributed by atoms with E-state index in [9.17, 15) is 0 Å². The van der Waals surface area contributed by atoms with Gasteiger partial charge in [0.05, 0.1) is 23.8 Å². The van der Waals surface area contributed by atoms with Crippen LogP contribution in [0.3, 0.4) is 0 Å². The fraction of sp³-hybridized carbons (Fsp3) is 0.333. The van der Waals surface area contributed by atoms with Crippen molar-refractivity contribution in [1.82, 2.24) is 14.4 Å². The minimum Gasteiger partial charge on any atom is -0.241 e. The van der Waals surface area contributed by atoms with Gasteiger partial charge in [0, 0.05) is 11.1 Å². The van der Waals surface area contributed by atoms with E-state index < -0.39 is 0 Å². The van der Waals surface area contributed by atoms with Gasteiger partial charge in [-0.25, -0.2) is 4.41 Å². The first-order chi connectivity index (χ1) is 8.80. The van der Waals surface area contributed by atoms with E-state index in [1.54, 1.807) is 23.7 Å². The van der Waals surface area contributed by atoms with Crippen molar-refractivity contribution in [2.75, 3.05) is 23.8 Å². The minimum atomic E-state index is 0.601. The molecule has 0 saturated heterocycles. The zero-order valence-electron chi connectivity index (χ0n) is 9.76. The van der Waals surface area contributed by atoms with Gasteiger partial charge in [-0.1, -0.05) is 17.8 Å². The molecule has 0 atom stereocenters. The van der Waals surface area contributed by atoms with Crippen LogP contribution < -0.4 is 5.53 Å². The first-order valence-electron chi connectivity index (χ1n) is 5.03. The Bertz CT molecular complexity index is 414. The van der Waals surface area contributed by atoms with E-state index in [0.717, 1.165) is 6.54 Å². The Hall–Kier alpha value is -0.810. The maximum atomic E-state index is 5.27. The number of nitrogens with zero attached hydrogens (tertiary/aromatic N) is 2. The summed E-state index contributed by atoms with van der Waals surface area (Å²) in [7, 11) is 0. The summed E-state index contributed by atoms with van der Waals surface area (Å²) in [6.07, 6.45) is 17.8. The van der Waals surface area contributed by atoms with Crippen molar-refractivity contribution >= 4 is 35.7 Å². The van der Waals surface area contributed by atoms with Gasteiger partial charge in [-0.3, -0.25) is 0 Å². The number of thioether (sulfide) groups is 1. The van der Waals surface area contributed by atoms with Gasteiger partial charge in [0.2, 0.25) is 0 Å². The molecule has 6 heteroatoms. The van der Waals surface area contributed by atoms with Crippen molar-refractivity contribution in [2.24, 2.45) is 0 Å². The number of rotatable bonds is 6. The lowest BCUT2D eigenvalue weighted by atomic mass is 10.6. The zero-order valence-corrected chi connectivity index (χ0v) is 12.2. The molecule has 0 aromatic rings. The Morgan fingerprint density at radius 2 is 1.78 bits per heavy atom. The van der Waals surface area contributed by atoms with Crippen LogP contribution in [0.25, 0.3) is 0 Å². The highest BCUT2D eigenvalue weighted by molar-refractivity contribution is 8.03. The molecule has 0 bridgehead atoms. The van der Waals surface area contributed by atoms with E-state index in [-0.39, 0.29) is 0 Å². The van der Waals surface area contributed by atoms with Crippen molar-refractivity contribution in [2.45, 2.75) is 0 Å². The summed E-state index contributed by atoms with van der Waals surface area (Å²) in [6.45, 7) is 0.770. The second kappa shape index (κ2) is 9.16. The lowest BCUT2D eigenvalue weighted by Crippen LogP contribution is -2.45. The van der Waals surface area contributed by atoms with Gasteiger partial charge in [-0.2, -0.15) is 4.41 Å². The largest absolute Gasteiger partial charge is 0.241 e. The summed E-state index contributed by atoms with van der Waals surface area (Å²) in [5.41, 5.74) is 3.19. The van der Waals surface area contributed by atoms with Crippen LogP contribution in [0.15, 0.2) is 11.1 Å². The van der Waals surface area contributed by atoms with Crippen LogP contribution in [0.2, 0.25) is 0 Å². The Balaban J connectivity index is 2.58. The minimum absolute atomic E-state index is 0.601. The fourth-order valence-corrected chi connectivity index (χ4v) is 3.11. The number of nitrogens with one attached hydrogen (secondary N) is 1. The SMILES string of the molecule is C#CCSC1=CN(SCC#C)NN(SCC#C)C1. The first-order valence-corrected chi connectivity index (χ1v) is 7.90. The van der Waals surface area contributed by atoms with Crippen LogP contribution in [0, 0.1) is 37.0 Å². The van der Waals surface area contributed by atoms with E-state index in [4.69, 9.17) is 19.3 Å². The van der Waals surface area contributed by atoms with Gasteiger partial charge >= 0.3 is 0 Å². The summed E-state index contributed by atoms with van der Waals surface area (Å²) < 4.78 is 3.86. The molecule has 1 N–H and O–H groups in total. The van der Waals surface area contributed by atoms with Gasteiger partial charge < -0.3 is 0 Å². The molecule has 0 unspecified atom stereocenters. The molecule has 0 saturated carbocycles. The average molecular weight is 295 g/mol. The number of hydrogen-bond acceptors (Lipinski definition) is 6. The molecule has 1 aliphatic heterocycles. The Labute approximate surface area is 122 Å². The third-order valence-corrected chi connectivity index (χ3v) is 4.20. The van der Waals surface area contributed by atoms with Crippen molar-refractivity contribution in [1.29, 1.82) is 0 Å². The van der Waals surface area contributed by atoms with E-state index in [1.165, 1.54) is 16.9 Å². The number of hydrogen-bond donors (Lipinski definition) is 1. The Morgan fingerprint density at radius 1 is 1.11 bits per heavy atom. The molecule has 0 radical (unpaired) electrons. The molecule has 1 rings (SSSR count). The number of hydrazine groups is 2. The van der Waals surface area contributed by atoms with Gasteiger partial charge in [-0.05, 0) is 23.9 Å². The maximum Gasteiger partial charge on any atom is 0.0759 e. The highest BCUT2D eigenvalue weighted by atomic mass is 32.2. The molecule has 1 heterocycles. The molecule has 0 fully saturated rings. The fourth-order valence-electron chi connectivity index (χ4n) is 1.07. The Morgan fingerprint density at radius 3 is 2.44 bits per heavy atom. The Kier molecular flexibility index (Phi) is 7.76. The smallest absolute Gasteiger partial charge is 0.0759 e. The zero-order chi connectivity index (χ0) is 13.2. The van der Waals surface area contributed by atoms with Gasteiger partial charge in [0.15, 0.2) is 0 Å². The van der Waals surface area contributed by atoms with Crippen molar-refractivity contribution < 1.29 is 0 Å². The molecular formula is C12H13N3S3. The number of terminal acetylenes is 3. The van der Waals surface area contributed by atoms with E-state index in [0.29, 0.717) is 17.3 Å². The van der Waals surface area contributed by atoms with E-state index in [2.05, 4.69) is 23.3 Å². The topological polar surface area (TPSA) is 18.5 Å². The quantitative estimate of drug-likeness (QED) is 0.591. The highest BCUT2D eigenvalue weighted by Crippen LogP contribution is 2.26. The highest BCUT2D eigenvalue weighted by Gasteiger charge is 2.17. The first kappa shape index (κ1) is 15.2. The molecule has 0 aromatic heterocycles. The summed E-state index contributed by atoms with van der Waals surface area (Å²) in [5, 5.41) is 0. The predicted molar refractivity (Wildman–Crippen MR) is 83.6 cm³/mol. The van der Waals surface area contributed by atoms with Crippen LogP contribution in [0.4, 0.5) is 0 Å². The summed E-state index contributed by atoms with van der Waals surface area (Å²) in [6, 6.07) is 0. The molecular weight excluding hydrogens is 282 g/mol. The van der Waals surface area contributed by atoms with Gasteiger partial charge in [0.25, 0.3) is 0 Å². The van der Waals surface area contributed by atoms with Gasteiger partial charge in [-0.15, -0.1) is 36.6 Å². The normalized spacial score (nSPS) is 15.4. The van der Waals surface area contributed by atoms with Crippen LogP contribution in [-0.4, -0.2) is 32.6 Å². The molecule has 0 aliphatic carbocycles. The van der Waals surface area contributed by atoms with Crippen molar-refractivity contribution in [3.63, 3.8) is 0 Å². The van der Waals surface area contributed by atoms with Crippen LogP contribution in [-0.2, 0) is 0 Å². The molecule has 18 heavy (non-hydrogen) atoms. The summed E-state index contributed by atoms with van der Waals surface area (Å²) in [4.78, 5) is 1.18. The molecule has 0 spiro atoms. The summed E-state index contributed by atoms with van der Waals surface area (Å²) in [5.74, 6) is 9.68. The monoisotopic (exact) mass is 295 g/mol. The molecule has 1 aliphatic rings. The predicted octanol–water partition coefficient (Wildman–Crippen LogP) is 1.79. The van der Waals surface area contributed by atoms with Crippen LogP contribution in [0.1, 0.15) is 0 Å². The summed E-state index contributed by atoms with van der Waals surface area (Å²) >= 11 is 4.70. The second-order valence-corrected chi connectivity index (χ2v) is 6.04. The molecule has 0 aromatic carbocycles. The van der Waals surface area contributed by atoms with Crippen LogP contribution in [0.5, 0.6) is 0 Å². The van der Waals surface area contributed by atoms with E-state index >= 15 is 0 Å². The van der Waals surface area contributed by atoms with Crippen LogP contribution >= 0.6 is 35.7 Å². The van der Waals surface area contributed by atoms with Crippen molar-refractivity contribution in [3.05, 3.63) is 11.1 Å².